The fourth-order valence-corrected chi connectivity index (χ4v) is 2.60. The summed E-state index contributed by atoms with van der Waals surface area (Å²) < 4.78 is 37.5. The van der Waals surface area contributed by atoms with E-state index < -0.39 is 24.1 Å². The number of alkyl halides is 3. The van der Waals surface area contributed by atoms with Crippen molar-refractivity contribution in [2.24, 2.45) is 17.8 Å². The van der Waals surface area contributed by atoms with Crippen molar-refractivity contribution in [3.63, 3.8) is 0 Å². The van der Waals surface area contributed by atoms with Gasteiger partial charge in [-0.3, -0.25) is 4.79 Å². The first-order valence-corrected chi connectivity index (χ1v) is 6.74. The quantitative estimate of drug-likeness (QED) is 0.814. The molecule has 0 saturated heterocycles. The maximum absolute atomic E-state index is 12.5. The molecule has 19 heavy (non-hydrogen) atoms. The molecule has 0 aliphatic heterocycles. The Kier molecular flexibility index (Phi) is 5.64. The Morgan fingerprint density at radius 3 is 2.16 bits per heavy atom. The molecule has 0 aromatic heterocycles. The van der Waals surface area contributed by atoms with Crippen LogP contribution >= 0.6 is 0 Å². The van der Waals surface area contributed by atoms with E-state index >= 15 is 0 Å². The van der Waals surface area contributed by atoms with Gasteiger partial charge in [-0.05, 0) is 44.1 Å². The van der Waals surface area contributed by atoms with E-state index in [0.29, 0.717) is 19.4 Å². The first-order chi connectivity index (χ1) is 8.71. The third-order valence-electron chi connectivity index (χ3n) is 3.87. The number of nitrogens with one attached hydrogen (secondary N) is 1. The number of carboxylic acid groups (broad SMARTS) is 1. The largest absolute Gasteiger partial charge is 0.480 e. The lowest BCUT2D eigenvalue weighted by Crippen LogP contribution is -2.43. The van der Waals surface area contributed by atoms with Crippen molar-refractivity contribution in [3.05, 3.63) is 0 Å². The Morgan fingerprint density at radius 2 is 1.79 bits per heavy atom. The van der Waals surface area contributed by atoms with Gasteiger partial charge in [-0.15, -0.1) is 0 Å². The van der Waals surface area contributed by atoms with E-state index in [4.69, 9.17) is 5.11 Å². The zero-order valence-corrected chi connectivity index (χ0v) is 11.3. The van der Waals surface area contributed by atoms with Crippen molar-refractivity contribution >= 4 is 5.97 Å². The highest BCUT2D eigenvalue weighted by Crippen LogP contribution is 2.39. The summed E-state index contributed by atoms with van der Waals surface area (Å²) in [6, 6.07) is -0.625. The van der Waals surface area contributed by atoms with Gasteiger partial charge in [0.25, 0.3) is 0 Å². The molecule has 1 saturated carbocycles. The molecule has 0 aromatic rings. The van der Waals surface area contributed by atoms with Crippen LogP contribution in [0.4, 0.5) is 13.2 Å². The van der Waals surface area contributed by atoms with Gasteiger partial charge in [0.15, 0.2) is 0 Å². The van der Waals surface area contributed by atoms with Crippen LogP contribution in [-0.2, 0) is 4.79 Å². The number of hydrogen-bond acceptors (Lipinski definition) is 2. The monoisotopic (exact) mass is 281 g/mol. The van der Waals surface area contributed by atoms with Crippen molar-refractivity contribution in [3.8, 4) is 0 Å². The fraction of sp³-hybridized carbons (Fsp3) is 0.923. The van der Waals surface area contributed by atoms with Crippen LogP contribution in [0, 0.1) is 17.8 Å². The summed E-state index contributed by atoms with van der Waals surface area (Å²) in [5.41, 5.74) is 0. The predicted molar refractivity (Wildman–Crippen MR) is 65.8 cm³/mol. The SMILES string of the molecule is CC(C)C(NCC1CCC(C(F)(F)F)CC1)C(=O)O. The van der Waals surface area contributed by atoms with Gasteiger partial charge in [-0.25, -0.2) is 0 Å². The summed E-state index contributed by atoms with van der Waals surface area (Å²) in [5, 5.41) is 12.0. The second kappa shape index (κ2) is 6.59. The maximum Gasteiger partial charge on any atom is 0.391 e. The van der Waals surface area contributed by atoms with E-state index in [9.17, 15) is 18.0 Å². The van der Waals surface area contributed by atoms with Crippen LogP contribution in [0.2, 0.25) is 0 Å². The first-order valence-electron chi connectivity index (χ1n) is 6.74. The molecule has 0 heterocycles. The molecule has 3 nitrogen and oxygen atoms in total. The average molecular weight is 281 g/mol. The predicted octanol–water partition coefficient (Wildman–Crippen LogP) is 3.05. The molecule has 2 N–H and O–H groups in total. The van der Waals surface area contributed by atoms with E-state index in [1.165, 1.54) is 0 Å². The van der Waals surface area contributed by atoms with Gasteiger partial charge in [0.2, 0.25) is 0 Å². The van der Waals surface area contributed by atoms with Crippen LogP contribution < -0.4 is 5.32 Å². The molecule has 1 aliphatic carbocycles. The minimum Gasteiger partial charge on any atom is -0.480 e. The maximum atomic E-state index is 12.5. The van der Waals surface area contributed by atoms with Crippen LogP contribution in [0.1, 0.15) is 39.5 Å². The lowest BCUT2D eigenvalue weighted by atomic mass is 9.81. The lowest BCUT2D eigenvalue weighted by molar-refractivity contribution is -0.183. The summed E-state index contributed by atoms with van der Waals surface area (Å²) in [6.45, 7) is 4.11. The summed E-state index contributed by atoms with van der Waals surface area (Å²) >= 11 is 0. The highest BCUT2D eigenvalue weighted by Gasteiger charge is 2.41. The standard InChI is InChI=1S/C13H22F3NO2/c1-8(2)11(12(18)19)17-7-9-3-5-10(6-4-9)13(14,15)16/h8-11,17H,3-7H2,1-2H3,(H,18,19). The fourth-order valence-electron chi connectivity index (χ4n) is 2.60. The Balaban J connectivity index is 2.35. The van der Waals surface area contributed by atoms with Gasteiger partial charge in [0.05, 0.1) is 5.92 Å². The highest BCUT2D eigenvalue weighted by atomic mass is 19.4. The molecule has 1 atom stereocenters. The zero-order chi connectivity index (χ0) is 14.6. The normalized spacial score (nSPS) is 26.4. The highest BCUT2D eigenvalue weighted by molar-refractivity contribution is 5.73. The molecule has 1 rings (SSSR count). The van der Waals surface area contributed by atoms with Crippen LogP contribution in [0.3, 0.4) is 0 Å². The van der Waals surface area contributed by atoms with Gasteiger partial charge in [-0.1, -0.05) is 13.8 Å². The number of rotatable bonds is 5. The molecule has 0 amide bonds. The van der Waals surface area contributed by atoms with E-state index in [1.54, 1.807) is 0 Å². The minimum absolute atomic E-state index is 0.0379. The first kappa shape index (κ1) is 16.3. The summed E-state index contributed by atoms with van der Waals surface area (Å²) in [5.74, 6) is -1.97. The molecule has 0 radical (unpaired) electrons. The Bertz CT molecular complexity index is 297. The number of carboxylic acids is 1. The van der Waals surface area contributed by atoms with Crippen molar-refractivity contribution in [1.82, 2.24) is 5.32 Å². The molecule has 1 fully saturated rings. The second-order valence-corrected chi connectivity index (χ2v) is 5.73. The molecular formula is C13H22F3NO2. The van der Waals surface area contributed by atoms with Gasteiger partial charge in [0, 0.05) is 0 Å². The Hall–Kier alpha value is -0.780. The molecule has 0 aromatic carbocycles. The molecular weight excluding hydrogens is 259 g/mol. The number of carbonyl (C=O) groups is 1. The van der Waals surface area contributed by atoms with Gasteiger partial charge >= 0.3 is 12.1 Å². The van der Waals surface area contributed by atoms with Crippen molar-refractivity contribution < 1.29 is 23.1 Å². The van der Waals surface area contributed by atoms with Crippen molar-refractivity contribution in [2.45, 2.75) is 51.7 Å². The smallest absolute Gasteiger partial charge is 0.391 e. The minimum atomic E-state index is -4.08. The summed E-state index contributed by atoms with van der Waals surface area (Å²) in [7, 11) is 0. The van der Waals surface area contributed by atoms with Crippen LogP contribution in [0.15, 0.2) is 0 Å². The summed E-state index contributed by atoms with van der Waals surface area (Å²) in [4.78, 5) is 11.0. The third kappa shape index (κ3) is 5.01. The van der Waals surface area contributed by atoms with Crippen molar-refractivity contribution in [1.29, 1.82) is 0 Å². The van der Waals surface area contributed by atoms with Gasteiger partial charge in [0.1, 0.15) is 6.04 Å². The number of halogens is 3. The molecule has 0 bridgehead atoms. The van der Waals surface area contributed by atoms with Crippen LogP contribution in [0.5, 0.6) is 0 Å². The van der Waals surface area contributed by atoms with E-state index in [0.717, 1.165) is 0 Å². The second-order valence-electron chi connectivity index (χ2n) is 5.73. The van der Waals surface area contributed by atoms with E-state index in [2.05, 4.69) is 5.32 Å². The Morgan fingerprint density at radius 1 is 1.26 bits per heavy atom. The van der Waals surface area contributed by atoms with Crippen molar-refractivity contribution in [2.75, 3.05) is 6.54 Å². The number of aliphatic carboxylic acids is 1. The molecule has 0 spiro atoms. The lowest BCUT2D eigenvalue weighted by Gasteiger charge is -2.31. The van der Waals surface area contributed by atoms with Crippen LogP contribution in [0.25, 0.3) is 0 Å². The van der Waals surface area contributed by atoms with Gasteiger partial charge in [-0.2, -0.15) is 13.2 Å². The zero-order valence-electron chi connectivity index (χ0n) is 11.3. The molecule has 6 heteroatoms. The van der Waals surface area contributed by atoms with E-state index in [-0.39, 0.29) is 24.7 Å². The Labute approximate surface area is 111 Å². The molecule has 1 unspecified atom stereocenters. The van der Waals surface area contributed by atoms with Gasteiger partial charge < -0.3 is 10.4 Å². The third-order valence-corrected chi connectivity index (χ3v) is 3.87. The summed E-state index contributed by atoms with van der Waals surface area (Å²) in [6.07, 6.45) is -2.73. The van der Waals surface area contributed by atoms with E-state index in [1.807, 2.05) is 13.8 Å². The molecule has 1 aliphatic rings. The topological polar surface area (TPSA) is 49.3 Å². The molecule has 112 valence electrons. The van der Waals surface area contributed by atoms with Crippen LogP contribution in [-0.4, -0.2) is 29.8 Å². The average Bonchev–Trinajstić information content (AvgIpc) is 2.27. The number of hydrogen-bond donors (Lipinski definition) is 2.